The number of hydrogen-bond acceptors (Lipinski definition) is 2. The summed E-state index contributed by atoms with van der Waals surface area (Å²) in [6.07, 6.45) is 17.2. The standard InChI is InChI=1S/C21H31NO/c1-4-5-6-7-11-14-18-16(2)20(23-3)15-19(21(18)22)17-12-9-8-10-13-17/h8-10,12,15,17H,4-7,11,13-14,22H2,1-3H3. The van der Waals surface area contributed by atoms with E-state index in [9.17, 15) is 0 Å². The Morgan fingerprint density at radius 1 is 1.17 bits per heavy atom. The third kappa shape index (κ3) is 4.40. The van der Waals surface area contributed by atoms with Crippen LogP contribution in [0, 0.1) is 6.92 Å². The fourth-order valence-electron chi connectivity index (χ4n) is 3.41. The molecular formula is C21H31NO. The van der Waals surface area contributed by atoms with Gasteiger partial charge in [0.25, 0.3) is 0 Å². The summed E-state index contributed by atoms with van der Waals surface area (Å²) >= 11 is 0. The Bertz CT molecular complexity index is 572. The molecule has 1 atom stereocenters. The van der Waals surface area contributed by atoms with Crippen LogP contribution < -0.4 is 10.5 Å². The molecule has 2 nitrogen and oxygen atoms in total. The third-order valence-electron chi connectivity index (χ3n) is 4.88. The summed E-state index contributed by atoms with van der Waals surface area (Å²) < 4.78 is 5.62. The van der Waals surface area contributed by atoms with Crippen LogP contribution in [0.2, 0.25) is 0 Å². The van der Waals surface area contributed by atoms with Crippen LogP contribution in [0.4, 0.5) is 5.69 Å². The molecule has 0 saturated heterocycles. The van der Waals surface area contributed by atoms with Crippen molar-refractivity contribution in [3.63, 3.8) is 0 Å². The lowest BCUT2D eigenvalue weighted by Crippen LogP contribution is -2.08. The van der Waals surface area contributed by atoms with Crippen LogP contribution in [0.5, 0.6) is 5.75 Å². The monoisotopic (exact) mass is 313 g/mol. The van der Waals surface area contributed by atoms with Gasteiger partial charge in [-0.1, -0.05) is 56.9 Å². The van der Waals surface area contributed by atoms with Crippen molar-refractivity contribution >= 4 is 5.69 Å². The Hall–Kier alpha value is -1.70. The number of unbranched alkanes of at least 4 members (excludes halogenated alkanes) is 4. The summed E-state index contributed by atoms with van der Waals surface area (Å²) in [5.41, 5.74) is 11.3. The first-order valence-electron chi connectivity index (χ1n) is 8.98. The van der Waals surface area contributed by atoms with Crippen molar-refractivity contribution < 1.29 is 4.74 Å². The van der Waals surface area contributed by atoms with Crippen LogP contribution in [0.15, 0.2) is 30.4 Å². The van der Waals surface area contributed by atoms with Crippen LogP contribution in [-0.2, 0) is 6.42 Å². The van der Waals surface area contributed by atoms with E-state index in [4.69, 9.17) is 10.5 Å². The molecule has 1 aliphatic rings. The highest BCUT2D eigenvalue weighted by Crippen LogP contribution is 2.38. The van der Waals surface area contributed by atoms with Gasteiger partial charge >= 0.3 is 0 Å². The molecule has 2 rings (SSSR count). The minimum Gasteiger partial charge on any atom is -0.496 e. The van der Waals surface area contributed by atoms with E-state index < -0.39 is 0 Å². The number of rotatable bonds is 8. The molecule has 23 heavy (non-hydrogen) atoms. The number of methoxy groups -OCH3 is 1. The molecule has 0 aliphatic heterocycles. The molecule has 0 saturated carbocycles. The third-order valence-corrected chi connectivity index (χ3v) is 4.88. The highest BCUT2D eigenvalue weighted by atomic mass is 16.5. The Morgan fingerprint density at radius 2 is 1.96 bits per heavy atom. The van der Waals surface area contributed by atoms with E-state index in [1.165, 1.54) is 48.8 Å². The molecule has 2 heteroatoms. The molecule has 0 spiro atoms. The molecule has 0 heterocycles. The van der Waals surface area contributed by atoms with Gasteiger partial charge in [0.2, 0.25) is 0 Å². The van der Waals surface area contributed by atoms with Gasteiger partial charge in [0.05, 0.1) is 7.11 Å². The van der Waals surface area contributed by atoms with Gasteiger partial charge in [-0.05, 0) is 48.9 Å². The maximum absolute atomic E-state index is 6.57. The van der Waals surface area contributed by atoms with E-state index >= 15 is 0 Å². The highest BCUT2D eigenvalue weighted by molar-refractivity contribution is 5.63. The first-order chi connectivity index (χ1) is 11.2. The molecule has 0 aromatic heterocycles. The van der Waals surface area contributed by atoms with Gasteiger partial charge in [-0.3, -0.25) is 0 Å². The maximum atomic E-state index is 6.57. The number of anilines is 1. The zero-order valence-electron chi connectivity index (χ0n) is 14.9. The number of ether oxygens (including phenoxy) is 1. The number of nitrogen functional groups attached to an aromatic ring is 1. The second-order valence-corrected chi connectivity index (χ2v) is 6.50. The number of allylic oxidation sites excluding steroid dienone is 4. The Labute approximate surface area is 141 Å². The molecule has 1 aromatic carbocycles. The first kappa shape index (κ1) is 17.7. The van der Waals surface area contributed by atoms with Crippen molar-refractivity contribution in [2.75, 3.05) is 12.8 Å². The van der Waals surface area contributed by atoms with Gasteiger partial charge in [-0.25, -0.2) is 0 Å². The Morgan fingerprint density at radius 3 is 2.61 bits per heavy atom. The average Bonchev–Trinajstić information content (AvgIpc) is 2.58. The minimum absolute atomic E-state index is 0.369. The largest absolute Gasteiger partial charge is 0.496 e. The van der Waals surface area contributed by atoms with Crippen molar-refractivity contribution in [1.82, 2.24) is 0 Å². The second-order valence-electron chi connectivity index (χ2n) is 6.50. The zero-order chi connectivity index (χ0) is 16.7. The molecular weight excluding hydrogens is 282 g/mol. The highest BCUT2D eigenvalue weighted by Gasteiger charge is 2.19. The lowest BCUT2D eigenvalue weighted by Gasteiger charge is -2.22. The van der Waals surface area contributed by atoms with Crippen molar-refractivity contribution in [3.8, 4) is 5.75 Å². The number of benzene rings is 1. The molecule has 1 unspecified atom stereocenters. The van der Waals surface area contributed by atoms with Crippen molar-refractivity contribution in [3.05, 3.63) is 47.1 Å². The lowest BCUT2D eigenvalue weighted by atomic mass is 9.86. The topological polar surface area (TPSA) is 35.2 Å². The van der Waals surface area contributed by atoms with Gasteiger partial charge in [-0.2, -0.15) is 0 Å². The van der Waals surface area contributed by atoms with E-state index in [0.717, 1.165) is 24.3 Å². The maximum Gasteiger partial charge on any atom is 0.122 e. The van der Waals surface area contributed by atoms with Gasteiger partial charge in [0, 0.05) is 11.6 Å². The fraction of sp³-hybridized carbons (Fsp3) is 0.524. The number of nitrogens with two attached hydrogens (primary N) is 1. The smallest absolute Gasteiger partial charge is 0.122 e. The zero-order valence-corrected chi connectivity index (χ0v) is 14.9. The summed E-state index contributed by atoms with van der Waals surface area (Å²) in [5, 5.41) is 0. The van der Waals surface area contributed by atoms with E-state index in [0.29, 0.717) is 5.92 Å². The molecule has 0 amide bonds. The van der Waals surface area contributed by atoms with E-state index in [1.54, 1.807) is 7.11 Å². The Kier molecular flexibility index (Phi) is 6.76. The van der Waals surface area contributed by atoms with Gasteiger partial charge in [0.1, 0.15) is 5.75 Å². The second kappa shape index (κ2) is 8.81. The van der Waals surface area contributed by atoms with Crippen LogP contribution in [0.25, 0.3) is 0 Å². The summed E-state index contributed by atoms with van der Waals surface area (Å²) in [4.78, 5) is 0. The average molecular weight is 313 g/mol. The lowest BCUT2D eigenvalue weighted by molar-refractivity contribution is 0.410. The molecule has 1 aliphatic carbocycles. The van der Waals surface area contributed by atoms with Gasteiger partial charge < -0.3 is 10.5 Å². The molecule has 126 valence electrons. The van der Waals surface area contributed by atoms with Crippen LogP contribution in [-0.4, -0.2) is 7.11 Å². The predicted octanol–water partition coefficient (Wildman–Crippen LogP) is 5.70. The molecule has 0 radical (unpaired) electrons. The normalized spacial score (nSPS) is 16.7. The van der Waals surface area contributed by atoms with Crippen molar-refractivity contribution in [2.24, 2.45) is 0 Å². The van der Waals surface area contributed by atoms with Crippen LogP contribution in [0.3, 0.4) is 0 Å². The minimum atomic E-state index is 0.369. The van der Waals surface area contributed by atoms with Crippen LogP contribution >= 0.6 is 0 Å². The van der Waals surface area contributed by atoms with Crippen LogP contribution in [0.1, 0.15) is 68.1 Å². The molecule has 0 fully saturated rings. The quantitative estimate of drug-likeness (QED) is 0.493. The van der Waals surface area contributed by atoms with Gasteiger partial charge in [-0.15, -0.1) is 0 Å². The van der Waals surface area contributed by atoms with Crippen molar-refractivity contribution in [1.29, 1.82) is 0 Å². The predicted molar refractivity (Wildman–Crippen MR) is 100 cm³/mol. The molecule has 2 N–H and O–H groups in total. The van der Waals surface area contributed by atoms with E-state index in [1.807, 2.05) is 0 Å². The summed E-state index contributed by atoms with van der Waals surface area (Å²) in [6, 6.07) is 2.14. The fourth-order valence-corrected chi connectivity index (χ4v) is 3.41. The van der Waals surface area contributed by atoms with E-state index in [-0.39, 0.29) is 0 Å². The van der Waals surface area contributed by atoms with E-state index in [2.05, 4.69) is 44.2 Å². The molecule has 1 aromatic rings. The summed E-state index contributed by atoms with van der Waals surface area (Å²) in [7, 11) is 1.75. The van der Waals surface area contributed by atoms with Crippen molar-refractivity contribution in [2.45, 2.75) is 64.7 Å². The summed E-state index contributed by atoms with van der Waals surface area (Å²) in [6.45, 7) is 4.39. The molecule has 0 bridgehead atoms. The first-order valence-corrected chi connectivity index (χ1v) is 8.98. The Balaban J connectivity index is 2.21. The number of hydrogen-bond donors (Lipinski definition) is 1. The summed E-state index contributed by atoms with van der Waals surface area (Å²) in [5.74, 6) is 1.34. The van der Waals surface area contributed by atoms with Gasteiger partial charge in [0.15, 0.2) is 0 Å². The SMILES string of the molecule is CCCCCCCc1c(C)c(OC)cc(C2C=CC=CC2)c1N.